The van der Waals surface area contributed by atoms with E-state index in [4.69, 9.17) is 9.47 Å². The van der Waals surface area contributed by atoms with Crippen LogP contribution in [0.25, 0.3) is 0 Å². The molecule has 0 bridgehead atoms. The van der Waals surface area contributed by atoms with E-state index in [2.05, 4.69) is 25.9 Å². The summed E-state index contributed by atoms with van der Waals surface area (Å²) in [6, 6.07) is 11.7. The molecule has 126 valence electrons. The molecule has 2 aromatic rings. The third-order valence-corrected chi connectivity index (χ3v) is 5.17. The molecule has 0 fully saturated rings. The first kappa shape index (κ1) is 16.8. The van der Waals surface area contributed by atoms with Crippen LogP contribution in [-0.2, 0) is 10.0 Å². The van der Waals surface area contributed by atoms with Crippen LogP contribution in [0.15, 0.2) is 56.9 Å². The number of hydrogen-bond donors (Lipinski definition) is 1. The van der Waals surface area contributed by atoms with Crippen molar-refractivity contribution in [2.24, 2.45) is 5.10 Å². The van der Waals surface area contributed by atoms with Crippen LogP contribution in [-0.4, -0.2) is 27.3 Å². The van der Waals surface area contributed by atoms with Crippen LogP contribution < -0.4 is 14.3 Å². The lowest BCUT2D eigenvalue weighted by Crippen LogP contribution is -2.20. The Hall–Kier alpha value is -2.06. The Bertz CT molecular complexity index is 879. The van der Waals surface area contributed by atoms with E-state index in [9.17, 15) is 8.42 Å². The third kappa shape index (κ3) is 3.70. The molecule has 0 saturated heterocycles. The van der Waals surface area contributed by atoms with Crippen LogP contribution in [0.1, 0.15) is 12.5 Å². The molecule has 0 spiro atoms. The van der Waals surface area contributed by atoms with Gasteiger partial charge in [0.05, 0.1) is 10.6 Å². The second kappa shape index (κ2) is 6.82. The highest BCUT2D eigenvalue weighted by Crippen LogP contribution is 2.30. The number of sulfonamides is 1. The van der Waals surface area contributed by atoms with E-state index in [1.54, 1.807) is 37.3 Å². The summed E-state index contributed by atoms with van der Waals surface area (Å²) in [6.45, 7) is 2.73. The van der Waals surface area contributed by atoms with Crippen LogP contribution in [0.3, 0.4) is 0 Å². The van der Waals surface area contributed by atoms with Gasteiger partial charge >= 0.3 is 0 Å². The zero-order valence-corrected chi connectivity index (χ0v) is 15.2. The van der Waals surface area contributed by atoms with Crippen molar-refractivity contribution in [3.63, 3.8) is 0 Å². The largest absolute Gasteiger partial charge is 0.486 e. The number of nitrogens with zero attached hydrogens (tertiary/aromatic N) is 1. The van der Waals surface area contributed by atoms with Crippen molar-refractivity contribution in [1.29, 1.82) is 0 Å². The number of fused-ring (bicyclic) bond motifs is 1. The first-order chi connectivity index (χ1) is 11.5. The zero-order chi connectivity index (χ0) is 17.2. The van der Waals surface area contributed by atoms with Crippen molar-refractivity contribution in [3.8, 4) is 11.5 Å². The monoisotopic (exact) mass is 410 g/mol. The van der Waals surface area contributed by atoms with Crippen LogP contribution in [0.4, 0.5) is 0 Å². The maximum Gasteiger partial charge on any atom is 0.276 e. The number of ether oxygens (including phenoxy) is 2. The van der Waals surface area contributed by atoms with E-state index < -0.39 is 10.0 Å². The lowest BCUT2D eigenvalue weighted by molar-refractivity contribution is 0.171. The SMILES string of the molecule is C/C(=N/NS(=O)(=O)c1ccc(Br)cc1)c1ccc2c(c1)OCCO2. The van der Waals surface area contributed by atoms with E-state index >= 15 is 0 Å². The van der Waals surface area contributed by atoms with Crippen LogP contribution in [0, 0.1) is 0 Å². The fourth-order valence-corrected chi connectivity index (χ4v) is 3.25. The summed E-state index contributed by atoms with van der Waals surface area (Å²) in [5, 5.41) is 3.98. The third-order valence-electron chi connectivity index (χ3n) is 3.42. The highest BCUT2D eigenvalue weighted by atomic mass is 79.9. The van der Waals surface area contributed by atoms with Crippen LogP contribution in [0.2, 0.25) is 0 Å². The van der Waals surface area contributed by atoms with E-state index in [1.165, 1.54) is 12.1 Å². The van der Waals surface area contributed by atoms with Gasteiger partial charge in [-0.05, 0) is 49.4 Å². The number of rotatable bonds is 4. The van der Waals surface area contributed by atoms with Crippen LogP contribution in [0.5, 0.6) is 11.5 Å². The maximum atomic E-state index is 12.2. The molecule has 0 unspecified atom stereocenters. The first-order valence-corrected chi connectivity index (χ1v) is 9.45. The van der Waals surface area contributed by atoms with Crippen molar-refractivity contribution in [3.05, 3.63) is 52.5 Å². The molecule has 0 atom stereocenters. The molecule has 1 aliphatic rings. The quantitative estimate of drug-likeness (QED) is 0.620. The minimum absolute atomic E-state index is 0.143. The van der Waals surface area contributed by atoms with Gasteiger partial charge in [-0.25, -0.2) is 0 Å². The predicted octanol–water partition coefficient (Wildman–Crippen LogP) is 2.92. The summed E-state index contributed by atoms with van der Waals surface area (Å²) in [7, 11) is -3.71. The van der Waals surface area contributed by atoms with Gasteiger partial charge in [-0.1, -0.05) is 15.9 Å². The summed E-state index contributed by atoms with van der Waals surface area (Å²) >= 11 is 3.27. The normalized spacial score (nSPS) is 14.3. The predicted molar refractivity (Wildman–Crippen MR) is 94.1 cm³/mol. The molecule has 1 aliphatic heterocycles. The summed E-state index contributed by atoms with van der Waals surface area (Å²) in [5.74, 6) is 1.30. The standard InChI is InChI=1S/C16H15BrN2O4S/c1-11(12-2-7-15-16(10-12)23-9-8-22-15)18-19-24(20,21)14-5-3-13(17)4-6-14/h2-7,10,19H,8-9H2,1H3/b18-11-. The van der Waals surface area contributed by atoms with Gasteiger partial charge in [-0.3, -0.25) is 0 Å². The first-order valence-electron chi connectivity index (χ1n) is 7.17. The van der Waals surface area contributed by atoms with Crippen LogP contribution >= 0.6 is 15.9 Å². The minimum atomic E-state index is -3.71. The Morgan fingerprint density at radius 2 is 1.75 bits per heavy atom. The molecule has 24 heavy (non-hydrogen) atoms. The fraction of sp³-hybridized carbons (Fsp3) is 0.188. The number of benzene rings is 2. The van der Waals surface area contributed by atoms with Crippen molar-refractivity contribution < 1.29 is 17.9 Å². The topological polar surface area (TPSA) is 77.0 Å². The summed E-state index contributed by atoms with van der Waals surface area (Å²) in [6.07, 6.45) is 0. The molecule has 6 nitrogen and oxygen atoms in total. The van der Waals surface area contributed by atoms with Gasteiger partial charge in [-0.15, -0.1) is 0 Å². The number of halogens is 1. The molecule has 1 N–H and O–H groups in total. The van der Waals surface area contributed by atoms with Gasteiger partial charge in [-0.2, -0.15) is 18.4 Å². The molecular weight excluding hydrogens is 396 g/mol. The Morgan fingerprint density at radius 3 is 2.46 bits per heavy atom. The number of hydrogen-bond acceptors (Lipinski definition) is 5. The Labute approximate surface area is 148 Å². The molecule has 0 radical (unpaired) electrons. The molecule has 3 rings (SSSR count). The molecule has 8 heteroatoms. The van der Waals surface area contributed by atoms with E-state index in [0.717, 1.165) is 10.0 Å². The summed E-state index contributed by atoms with van der Waals surface area (Å²) in [5.41, 5.74) is 1.27. The van der Waals surface area contributed by atoms with Crippen molar-refractivity contribution in [2.75, 3.05) is 13.2 Å². The summed E-state index contributed by atoms with van der Waals surface area (Å²) in [4.78, 5) is 2.39. The van der Waals surface area contributed by atoms with E-state index in [0.29, 0.717) is 30.4 Å². The van der Waals surface area contributed by atoms with Gasteiger partial charge in [0.1, 0.15) is 13.2 Å². The fourth-order valence-electron chi connectivity index (χ4n) is 2.13. The molecular formula is C16H15BrN2O4S. The van der Waals surface area contributed by atoms with Gasteiger partial charge < -0.3 is 9.47 Å². The highest BCUT2D eigenvalue weighted by molar-refractivity contribution is 9.10. The maximum absolute atomic E-state index is 12.2. The average molecular weight is 411 g/mol. The second-order valence-electron chi connectivity index (χ2n) is 5.10. The number of nitrogens with one attached hydrogen (secondary N) is 1. The zero-order valence-electron chi connectivity index (χ0n) is 12.8. The van der Waals surface area contributed by atoms with E-state index in [-0.39, 0.29) is 4.90 Å². The smallest absolute Gasteiger partial charge is 0.276 e. The lowest BCUT2D eigenvalue weighted by Gasteiger charge is -2.18. The van der Waals surface area contributed by atoms with Crippen molar-refractivity contribution in [1.82, 2.24) is 4.83 Å². The molecule has 0 aromatic heterocycles. The van der Waals surface area contributed by atoms with Gasteiger partial charge in [0, 0.05) is 10.0 Å². The minimum Gasteiger partial charge on any atom is -0.486 e. The molecule has 0 amide bonds. The van der Waals surface area contributed by atoms with Gasteiger partial charge in [0.2, 0.25) is 0 Å². The summed E-state index contributed by atoms with van der Waals surface area (Å²) < 4.78 is 36.2. The molecule has 1 heterocycles. The van der Waals surface area contributed by atoms with E-state index in [1.807, 2.05) is 0 Å². The average Bonchev–Trinajstić information content (AvgIpc) is 2.59. The van der Waals surface area contributed by atoms with Crippen molar-refractivity contribution >= 4 is 31.7 Å². The van der Waals surface area contributed by atoms with Gasteiger partial charge in [0.15, 0.2) is 11.5 Å². The lowest BCUT2D eigenvalue weighted by atomic mass is 10.1. The molecule has 2 aromatic carbocycles. The Kier molecular flexibility index (Phi) is 4.77. The van der Waals surface area contributed by atoms with Crippen molar-refractivity contribution in [2.45, 2.75) is 11.8 Å². The molecule has 0 saturated carbocycles. The second-order valence-corrected chi connectivity index (χ2v) is 7.68. The van der Waals surface area contributed by atoms with Gasteiger partial charge in [0.25, 0.3) is 10.0 Å². The Morgan fingerprint density at radius 1 is 1.08 bits per heavy atom. The number of hydrazone groups is 1. The Balaban J connectivity index is 1.79. The molecule has 0 aliphatic carbocycles. The highest BCUT2D eigenvalue weighted by Gasteiger charge is 2.15.